The molecule has 380 valence electrons. The number of amides is 4. The molecule has 0 aliphatic heterocycles. The molecule has 0 aromatic heterocycles. The molecule has 2 unspecified atom stereocenters. The topological polar surface area (TPSA) is 240 Å². The summed E-state index contributed by atoms with van der Waals surface area (Å²) in [6.45, 7) is 29.0. The fourth-order valence-corrected chi connectivity index (χ4v) is 5.01. The van der Waals surface area contributed by atoms with E-state index in [2.05, 4.69) is 93.3 Å². The molecule has 0 aromatic carbocycles. The summed E-state index contributed by atoms with van der Waals surface area (Å²) < 4.78 is 10.3. The van der Waals surface area contributed by atoms with Gasteiger partial charge in [-0.2, -0.15) is 0 Å². The van der Waals surface area contributed by atoms with E-state index in [1.54, 1.807) is 6.92 Å². The molecule has 0 aliphatic rings. The van der Waals surface area contributed by atoms with E-state index < -0.39 is 22.4 Å². The van der Waals surface area contributed by atoms with Crippen molar-refractivity contribution in [2.24, 2.45) is 23.7 Å². The van der Waals surface area contributed by atoms with E-state index in [1.807, 2.05) is 13.8 Å². The van der Waals surface area contributed by atoms with Crippen molar-refractivity contribution in [1.82, 2.24) is 21.3 Å². The van der Waals surface area contributed by atoms with Crippen molar-refractivity contribution >= 4 is 23.6 Å². The number of ether oxygens (including phenoxy) is 2. The molecule has 18 nitrogen and oxygen atoms in total. The second-order valence-corrected chi connectivity index (χ2v) is 17.4. The quantitative estimate of drug-likeness (QED) is 0.0263. The van der Waals surface area contributed by atoms with Crippen LogP contribution in [0.2, 0.25) is 0 Å². The first-order valence-corrected chi connectivity index (χ1v) is 24.1. The van der Waals surface area contributed by atoms with Crippen LogP contribution in [0, 0.1) is 43.9 Å². The van der Waals surface area contributed by atoms with Crippen molar-refractivity contribution in [2.45, 2.75) is 198 Å². The Balaban J connectivity index is -0.000000379. The van der Waals surface area contributed by atoms with Crippen molar-refractivity contribution in [1.29, 1.82) is 0 Å². The number of nitrogens with one attached hydrogen (secondary N) is 4. The fourth-order valence-electron chi connectivity index (χ4n) is 5.01. The summed E-state index contributed by atoms with van der Waals surface area (Å²) >= 11 is 0. The van der Waals surface area contributed by atoms with Crippen LogP contribution in [0.25, 0.3) is 0 Å². The average molecular weight is 923 g/mol. The standard InChI is InChI=1S/C12H24N2O5.C12H24N2O4.C12H25NO.C10H21NO2/c1-4-11(19-14(16)17)9-18-8-6-12(15)13-7-5-10(2)3;1-4-11(18-14(16)17)6-5-7-12(15)13-9-8-10(2)3;1-4-5-6-7-8-12(14)13-10-9-11(2)3;1-4-7-13-8-10(12)11-6-5-9(2)3/h10-11H,4-9H2,1-3H3,(H,13,15);10-11H,4-9H2,1-3H3,(H,13,15);11H,4-10H2,1-3H3,(H,13,14);9H,4-8H2,1-3H3,(H,11,12). The van der Waals surface area contributed by atoms with E-state index in [0.29, 0.717) is 81.9 Å². The zero-order valence-corrected chi connectivity index (χ0v) is 42.2. The minimum atomic E-state index is -0.823. The zero-order chi connectivity index (χ0) is 49.6. The molecule has 0 aromatic rings. The van der Waals surface area contributed by atoms with Crippen LogP contribution in [0.5, 0.6) is 0 Å². The monoisotopic (exact) mass is 923 g/mol. The SMILES string of the molecule is CCC(CCCC(=O)NCCC(C)C)O[N+](=O)[O-].CCC(COCCC(=O)NCCC(C)C)O[N+](=O)[O-].CCCCCCC(=O)NCCC(C)C.CCCOCC(=O)NCCC(C)C. The molecule has 0 heterocycles. The lowest BCUT2D eigenvalue weighted by Gasteiger charge is -2.12. The van der Waals surface area contributed by atoms with Crippen LogP contribution in [-0.4, -0.2) is 98.6 Å². The number of unbranched alkanes of at least 4 members (excludes halogenated alkanes) is 3. The molecule has 0 radical (unpaired) electrons. The van der Waals surface area contributed by atoms with Crippen LogP contribution < -0.4 is 21.3 Å². The van der Waals surface area contributed by atoms with Crippen molar-refractivity contribution in [3.05, 3.63) is 20.2 Å². The number of nitrogens with zero attached hydrogens (tertiary/aromatic N) is 2. The highest BCUT2D eigenvalue weighted by Gasteiger charge is 2.13. The van der Waals surface area contributed by atoms with Crippen molar-refractivity contribution in [2.75, 3.05) is 52.6 Å². The third kappa shape index (κ3) is 60.3. The van der Waals surface area contributed by atoms with Crippen molar-refractivity contribution in [3.63, 3.8) is 0 Å². The summed E-state index contributed by atoms with van der Waals surface area (Å²) in [5.41, 5.74) is 0. The second kappa shape index (κ2) is 48.7. The van der Waals surface area contributed by atoms with E-state index in [9.17, 15) is 39.4 Å². The van der Waals surface area contributed by atoms with Crippen LogP contribution in [0.3, 0.4) is 0 Å². The van der Waals surface area contributed by atoms with Gasteiger partial charge in [-0.3, -0.25) is 19.2 Å². The number of hydrogen-bond acceptors (Lipinski definition) is 12. The molecule has 0 aliphatic carbocycles. The number of hydrogen-bond donors (Lipinski definition) is 4. The predicted octanol–water partition coefficient (Wildman–Crippen LogP) is 8.54. The Morgan fingerprint density at radius 2 is 0.875 bits per heavy atom. The first-order valence-electron chi connectivity index (χ1n) is 24.1. The molecule has 4 N–H and O–H groups in total. The maximum absolute atomic E-state index is 11.4. The largest absolute Gasteiger partial charge is 0.379 e. The zero-order valence-electron chi connectivity index (χ0n) is 42.2. The van der Waals surface area contributed by atoms with Gasteiger partial charge in [0, 0.05) is 52.0 Å². The van der Waals surface area contributed by atoms with Gasteiger partial charge in [-0.05, 0) is 87.9 Å². The summed E-state index contributed by atoms with van der Waals surface area (Å²) in [5.74, 6) is 2.60. The van der Waals surface area contributed by atoms with E-state index >= 15 is 0 Å². The van der Waals surface area contributed by atoms with Gasteiger partial charge >= 0.3 is 0 Å². The summed E-state index contributed by atoms with van der Waals surface area (Å²) in [7, 11) is 0. The smallest absolute Gasteiger partial charge is 0.294 e. The average Bonchev–Trinajstić information content (AvgIpc) is 3.20. The van der Waals surface area contributed by atoms with E-state index in [4.69, 9.17) is 9.47 Å². The Morgan fingerprint density at radius 1 is 0.469 bits per heavy atom. The van der Waals surface area contributed by atoms with Gasteiger partial charge < -0.3 is 40.4 Å². The summed E-state index contributed by atoms with van der Waals surface area (Å²) in [6, 6.07) is 0. The molecule has 2 atom stereocenters. The van der Waals surface area contributed by atoms with Gasteiger partial charge in [0.05, 0.1) is 13.2 Å². The summed E-state index contributed by atoms with van der Waals surface area (Å²) in [6.07, 6.45) is 12.3. The molecular weight excluding hydrogens is 829 g/mol. The molecule has 64 heavy (non-hydrogen) atoms. The minimum Gasteiger partial charge on any atom is -0.379 e. The molecule has 4 amide bonds. The molecule has 0 bridgehead atoms. The Kier molecular flexibility index (Phi) is 50.8. The lowest BCUT2D eigenvalue weighted by molar-refractivity contribution is -0.769. The predicted molar refractivity (Wildman–Crippen MR) is 253 cm³/mol. The van der Waals surface area contributed by atoms with Crippen LogP contribution in [0.4, 0.5) is 0 Å². The van der Waals surface area contributed by atoms with Crippen LogP contribution >= 0.6 is 0 Å². The lowest BCUT2D eigenvalue weighted by Crippen LogP contribution is -2.29. The lowest BCUT2D eigenvalue weighted by atomic mass is 10.1. The molecular formula is C46H94N6O12. The second-order valence-electron chi connectivity index (χ2n) is 17.4. The first kappa shape index (κ1) is 66.8. The maximum atomic E-state index is 11.4. The van der Waals surface area contributed by atoms with E-state index in [0.717, 1.165) is 51.6 Å². The first-order chi connectivity index (χ1) is 30.2. The highest BCUT2D eigenvalue weighted by atomic mass is 17.0. The van der Waals surface area contributed by atoms with Crippen LogP contribution in [0.1, 0.15) is 186 Å². The molecule has 0 rings (SSSR count). The van der Waals surface area contributed by atoms with Crippen LogP contribution in [0.15, 0.2) is 0 Å². The Bertz CT molecular complexity index is 1140. The van der Waals surface area contributed by atoms with Gasteiger partial charge in [0.2, 0.25) is 23.6 Å². The summed E-state index contributed by atoms with van der Waals surface area (Å²) in [5, 5.41) is 30.1. The fraction of sp³-hybridized carbons (Fsp3) is 0.913. The minimum absolute atomic E-state index is 0.00546. The van der Waals surface area contributed by atoms with Gasteiger partial charge in [0.1, 0.15) is 18.8 Å². The van der Waals surface area contributed by atoms with E-state index in [-0.39, 0.29) is 49.9 Å². The third-order valence-corrected chi connectivity index (χ3v) is 9.10. The highest BCUT2D eigenvalue weighted by Crippen LogP contribution is 2.09. The Hall–Kier alpha value is -3.80. The molecule has 18 heteroatoms. The van der Waals surface area contributed by atoms with Crippen LogP contribution in [-0.2, 0) is 38.3 Å². The van der Waals surface area contributed by atoms with Gasteiger partial charge in [-0.25, -0.2) is 0 Å². The number of rotatable bonds is 36. The van der Waals surface area contributed by atoms with Gasteiger partial charge in [0.25, 0.3) is 10.2 Å². The normalized spacial score (nSPS) is 11.5. The maximum Gasteiger partial charge on any atom is 0.294 e. The van der Waals surface area contributed by atoms with Gasteiger partial charge in [-0.1, -0.05) is 102 Å². The third-order valence-electron chi connectivity index (χ3n) is 9.10. The van der Waals surface area contributed by atoms with Crippen molar-refractivity contribution < 1.29 is 48.5 Å². The van der Waals surface area contributed by atoms with Crippen molar-refractivity contribution in [3.8, 4) is 0 Å². The number of carbonyl (C=O) groups excluding carboxylic acids is 4. The molecule has 0 fully saturated rings. The molecule has 0 saturated carbocycles. The molecule has 0 spiro atoms. The Labute approximate surface area is 387 Å². The van der Waals surface area contributed by atoms with E-state index in [1.165, 1.54) is 19.3 Å². The Morgan fingerprint density at radius 3 is 1.27 bits per heavy atom. The summed E-state index contributed by atoms with van der Waals surface area (Å²) in [4.78, 5) is 74.4. The molecule has 0 saturated heterocycles. The van der Waals surface area contributed by atoms with Gasteiger partial charge in [-0.15, -0.1) is 20.2 Å². The van der Waals surface area contributed by atoms with Gasteiger partial charge in [0.15, 0.2) is 0 Å². The highest BCUT2D eigenvalue weighted by molar-refractivity contribution is 5.77. The number of carbonyl (C=O) groups is 4.